The molecule has 0 saturated heterocycles. The smallest absolute Gasteiger partial charge is 0.325 e. The van der Waals surface area contributed by atoms with Gasteiger partial charge in [0.05, 0.1) is 30.3 Å². The Balaban J connectivity index is 1.86. The van der Waals surface area contributed by atoms with Crippen molar-refractivity contribution in [2.24, 2.45) is 0 Å². The van der Waals surface area contributed by atoms with Gasteiger partial charge in [0.25, 0.3) is 5.91 Å². The number of benzene rings is 1. The van der Waals surface area contributed by atoms with Gasteiger partial charge in [0.2, 0.25) is 0 Å². The Bertz CT molecular complexity index is 1030. The molecule has 0 fully saturated rings. The molecule has 1 amide bonds. The van der Waals surface area contributed by atoms with Gasteiger partial charge >= 0.3 is 5.97 Å². The number of nitrogens with zero attached hydrogens (tertiary/aromatic N) is 3. The van der Waals surface area contributed by atoms with Gasteiger partial charge in [0.15, 0.2) is 0 Å². The van der Waals surface area contributed by atoms with Gasteiger partial charge in [0, 0.05) is 19.0 Å². The fourth-order valence-corrected chi connectivity index (χ4v) is 4.19. The number of carbonyl (C=O) groups excluding carboxylic acids is 2. The first-order chi connectivity index (χ1) is 14.4. The van der Waals surface area contributed by atoms with Gasteiger partial charge in [-0.3, -0.25) is 14.3 Å². The van der Waals surface area contributed by atoms with E-state index >= 15 is 0 Å². The molecule has 1 aromatic carbocycles. The molecule has 0 aliphatic heterocycles. The molecule has 160 valence electrons. The van der Waals surface area contributed by atoms with Crippen molar-refractivity contribution < 1.29 is 23.5 Å². The van der Waals surface area contributed by atoms with Gasteiger partial charge in [0.1, 0.15) is 17.2 Å². The monoisotopic (exact) mass is 433 g/mol. The number of thiophene rings is 1. The highest BCUT2D eigenvalue weighted by Crippen LogP contribution is 2.29. The normalized spacial score (nSPS) is 11.1. The van der Waals surface area contributed by atoms with Gasteiger partial charge in [-0.25, -0.2) is 4.39 Å². The lowest BCUT2D eigenvalue weighted by molar-refractivity contribution is -0.143. The summed E-state index contributed by atoms with van der Waals surface area (Å²) in [4.78, 5) is 27.8. The van der Waals surface area contributed by atoms with Crippen LogP contribution in [0.15, 0.2) is 30.3 Å². The van der Waals surface area contributed by atoms with E-state index in [0.717, 1.165) is 21.5 Å². The highest BCUT2D eigenvalue weighted by Gasteiger charge is 2.23. The molecular weight excluding hydrogens is 409 g/mol. The fourth-order valence-electron chi connectivity index (χ4n) is 3.06. The van der Waals surface area contributed by atoms with Crippen molar-refractivity contribution >= 4 is 33.4 Å². The summed E-state index contributed by atoms with van der Waals surface area (Å²) >= 11 is 1.32. The zero-order valence-electron chi connectivity index (χ0n) is 17.2. The molecule has 9 heteroatoms. The van der Waals surface area contributed by atoms with Gasteiger partial charge in [-0.2, -0.15) is 5.10 Å². The van der Waals surface area contributed by atoms with Gasteiger partial charge in [-0.1, -0.05) is 12.1 Å². The maximum Gasteiger partial charge on any atom is 0.325 e. The third-order valence-corrected chi connectivity index (χ3v) is 5.68. The molecule has 3 aromatic rings. The molecular formula is C21H24FN3O4S. The molecule has 30 heavy (non-hydrogen) atoms. The van der Waals surface area contributed by atoms with Crippen LogP contribution in [0.3, 0.4) is 0 Å². The molecule has 7 nitrogen and oxygen atoms in total. The molecule has 2 aromatic heterocycles. The first-order valence-electron chi connectivity index (χ1n) is 9.58. The van der Waals surface area contributed by atoms with Crippen LogP contribution in [0.4, 0.5) is 4.39 Å². The number of amides is 1. The Morgan fingerprint density at radius 3 is 2.67 bits per heavy atom. The lowest BCUT2D eigenvalue weighted by Gasteiger charge is -2.20. The van der Waals surface area contributed by atoms with Crippen molar-refractivity contribution in [2.45, 2.75) is 20.4 Å². The number of aromatic nitrogens is 2. The van der Waals surface area contributed by atoms with Crippen LogP contribution in [0.1, 0.15) is 27.9 Å². The van der Waals surface area contributed by atoms with E-state index in [1.165, 1.54) is 28.4 Å². The minimum atomic E-state index is -0.457. The molecule has 0 aliphatic carbocycles. The van der Waals surface area contributed by atoms with Crippen LogP contribution in [0.2, 0.25) is 0 Å². The Morgan fingerprint density at radius 2 is 2.00 bits per heavy atom. The zero-order chi connectivity index (χ0) is 21.7. The second kappa shape index (κ2) is 9.82. The highest BCUT2D eigenvalue weighted by molar-refractivity contribution is 7.20. The number of methoxy groups -OCH3 is 1. The second-order valence-electron chi connectivity index (χ2n) is 6.72. The lowest BCUT2D eigenvalue weighted by atomic mass is 10.2. The summed E-state index contributed by atoms with van der Waals surface area (Å²) in [6.45, 7) is 4.79. The van der Waals surface area contributed by atoms with Gasteiger partial charge < -0.3 is 14.4 Å². The quantitative estimate of drug-likeness (QED) is 0.485. The number of aryl methyl sites for hydroxylation is 1. The van der Waals surface area contributed by atoms with Crippen LogP contribution in [0.5, 0.6) is 0 Å². The number of ether oxygens (including phenoxy) is 2. The molecule has 0 spiro atoms. The minimum Gasteiger partial charge on any atom is -0.465 e. The standard InChI is InChI=1S/C21H24FN3O4S/c1-4-29-19(26)13-24(9-10-28-3)20(27)18-11-17-14(2)23-25(21(17)30-18)12-15-5-7-16(22)8-6-15/h5-8,11H,4,9-10,12-13H2,1-3H3. The fraction of sp³-hybridized carbons (Fsp3) is 0.381. The number of esters is 1. The van der Waals surface area contributed by atoms with Crippen molar-refractivity contribution in [3.63, 3.8) is 0 Å². The molecule has 0 aliphatic rings. The van der Waals surface area contributed by atoms with E-state index in [1.807, 2.05) is 11.6 Å². The zero-order valence-corrected chi connectivity index (χ0v) is 18.0. The Morgan fingerprint density at radius 1 is 1.27 bits per heavy atom. The molecule has 0 atom stereocenters. The van der Waals surface area contributed by atoms with Crippen molar-refractivity contribution in [2.75, 3.05) is 33.4 Å². The van der Waals surface area contributed by atoms with E-state index in [0.29, 0.717) is 18.0 Å². The molecule has 0 radical (unpaired) electrons. The minimum absolute atomic E-state index is 0.134. The summed E-state index contributed by atoms with van der Waals surface area (Å²) in [6.07, 6.45) is 0. The van der Waals surface area contributed by atoms with Gasteiger partial charge in [-0.05, 0) is 37.6 Å². The van der Waals surface area contributed by atoms with Crippen molar-refractivity contribution in [1.82, 2.24) is 14.7 Å². The van der Waals surface area contributed by atoms with Crippen molar-refractivity contribution in [1.29, 1.82) is 0 Å². The van der Waals surface area contributed by atoms with Crippen LogP contribution in [-0.2, 0) is 20.8 Å². The highest BCUT2D eigenvalue weighted by atomic mass is 32.1. The Labute approximate surface area is 178 Å². The third kappa shape index (κ3) is 5.03. The summed E-state index contributed by atoms with van der Waals surface area (Å²) in [5, 5.41) is 5.43. The number of rotatable bonds is 9. The summed E-state index contributed by atoms with van der Waals surface area (Å²) in [6, 6.07) is 8.05. The number of halogens is 1. The van der Waals surface area contributed by atoms with E-state index in [9.17, 15) is 14.0 Å². The van der Waals surface area contributed by atoms with Crippen LogP contribution in [0, 0.1) is 12.7 Å². The SMILES string of the molecule is CCOC(=O)CN(CCOC)C(=O)c1cc2c(C)nn(Cc3ccc(F)cc3)c2s1. The molecule has 3 rings (SSSR count). The summed E-state index contributed by atoms with van der Waals surface area (Å²) in [5.74, 6) is -1.00. The largest absolute Gasteiger partial charge is 0.465 e. The maximum absolute atomic E-state index is 13.2. The number of hydrogen-bond donors (Lipinski definition) is 0. The van der Waals surface area contributed by atoms with Crippen LogP contribution >= 0.6 is 11.3 Å². The van der Waals surface area contributed by atoms with E-state index < -0.39 is 5.97 Å². The third-order valence-electron chi connectivity index (χ3n) is 4.54. The lowest BCUT2D eigenvalue weighted by Crippen LogP contribution is -2.38. The number of hydrogen-bond acceptors (Lipinski definition) is 6. The predicted octanol–water partition coefficient (Wildman–Crippen LogP) is 3.25. The van der Waals surface area contributed by atoms with Crippen molar-refractivity contribution in [3.8, 4) is 0 Å². The van der Waals surface area contributed by atoms with Crippen molar-refractivity contribution in [3.05, 3.63) is 52.3 Å². The molecule has 0 N–H and O–H groups in total. The number of fused-ring (bicyclic) bond motifs is 1. The summed E-state index contributed by atoms with van der Waals surface area (Å²) < 4.78 is 25.0. The van der Waals surface area contributed by atoms with Crippen LogP contribution < -0.4 is 0 Å². The maximum atomic E-state index is 13.2. The summed E-state index contributed by atoms with van der Waals surface area (Å²) in [7, 11) is 1.54. The molecule has 2 heterocycles. The van der Waals surface area contributed by atoms with Crippen LogP contribution in [-0.4, -0.2) is 60.0 Å². The van der Waals surface area contributed by atoms with E-state index in [2.05, 4.69) is 5.10 Å². The average molecular weight is 434 g/mol. The van der Waals surface area contributed by atoms with Gasteiger partial charge in [-0.15, -0.1) is 11.3 Å². The second-order valence-corrected chi connectivity index (χ2v) is 7.75. The molecule has 0 saturated carbocycles. The Kier molecular flexibility index (Phi) is 7.17. The topological polar surface area (TPSA) is 73.7 Å². The van der Waals surface area contributed by atoms with E-state index in [-0.39, 0.29) is 31.4 Å². The summed E-state index contributed by atoms with van der Waals surface area (Å²) in [5.41, 5.74) is 1.71. The average Bonchev–Trinajstić information content (AvgIpc) is 3.28. The Hall–Kier alpha value is -2.78. The van der Waals surface area contributed by atoms with E-state index in [4.69, 9.17) is 9.47 Å². The number of carbonyl (C=O) groups is 2. The van der Waals surface area contributed by atoms with E-state index in [1.54, 1.807) is 32.2 Å². The molecule has 0 bridgehead atoms. The van der Waals surface area contributed by atoms with Crippen LogP contribution in [0.25, 0.3) is 10.2 Å². The first kappa shape index (κ1) is 21.9. The molecule has 0 unspecified atom stereocenters. The first-order valence-corrected chi connectivity index (χ1v) is 10.4. The predicted molar refractivity (Wildman–Crippen MR) is 112 cm³/mol.